The third kappa shape index (κ3) is 4.52. The van der Waals surface area contributed by atoms with E-state index in [9.17, 15) is 13.2 Å². The number of nitrogens with one attached hydrogen (secondary N) is 1. The minimum absolute atomic E-state index is 0.127. The Morgan fingerprint density at radius 2 is 1.81 bits per heavy atom. The monoisotopic (exact) mass is 456 g/mol. The van der Waals surface area contributed by atoms with Crippen LogP contribution in [0.15, 0.2) is 77.7 Å². The maximum absolute atomic E-state index is 13.3. The van der Waals surface area contributed by atoms with Gasteiger partial charge in [0.05, 0.1) is 17.1 Å². The van der Waals surface area contributed by atoms with Crippen LogP contribution in [0.3, 0.4) is 0 Å². The Labute approximate surface area is 186 Å². The van der Waals surface area contributed by atoms with Crippen LogP contribution in [0, 0.1) is 6.92 Å². The van der Waals surface area contributed by atoms with Crippen LogP contribution in [0.4, 0.5) is 5.69 Å². The molecule has 4 rings (SSSR count). The Morgan fingerprint density at radius 1 is 1.10 bits per heavy atom. The number of benzene rings is 3. The van der Waals surface area contributed by atoms with Gasteiger partial charge in [-0.3, -0.25) is 9.10 Å². The molecule has 8 heteroatoms. The quantitative estimate of drug-likeness (QED) is 0.631. The van der Waals surface area contributed by atoms with Gasteiger partial charge in [-0.2, -0.15) is 0 Å². The molecular weight excluding hydrogens is 436 g/mol. The number of hydrogen-bond acceptors (Lipinski definition) is 4. The van der Waals surface area contributed by atoms with E-state index in [0.717, 1.165) is 11.1 Å². The lowest BCUT2D eigenvalue weighted by molar-refractivity contribution is -0.127. The lowest BCUT2D eigenvalue weighted by Gasteiger charge is -2.34. The van der Waals surface area contributed by atoms with E-state index in [-0.39, 0.29) is 17.2 Å². The summed E-state index contributed by atoms with van der Waals surface area (Å²) in [5.74, 6) is -0.111. The third-order valence-electron chi connectivity index (χ3n) is 5.00. The molecule has 0 aromatic heterocycles. The van der Waals surface area contributed by atoms with Gasteiger partial charge in [0.25, 0.3) is 15.9 Å². The molecule has 1 aliphatic rings. The van der Waals surface area contributed by atoms with Gasteiger partial charge in [0.2, 0.25) is 0 Å². The fourth-order valence-electron chi connectivity index (χ4n) is 3.32. The number of carbonyl (C=O) groups excluding carboxylic acids is 1. The summed E-state index contributed by atoms with van der Waals surface area (Å²) >= 11 is 6.11. The summed E-state index contributed by atoms with van der Waals surface area (Å²) < 4.78 is 33.7. The Bertz CT molecular complexity index is 1200. The first-order valence-corrected chi connectivity index (χ1v) is 11.5. The van der Waals surface area contributed by atoms with Gasteiger partial charge >= 0.3 is 0 Å². The average Bonchev–Trinajstić information content (AvgIpc) is 2.78. The zero-order chi connectivity index (χ0) is 22.0. The molecule has 0 aliphatic carbocycles. The second kappa shape index (κ2) is 8.61. The van der Waals surface area contributed by atoms with E-state index in [4.69, 9.17) is 16.3 Å². The van der Waals surface area contributed by atoms with Crippen molar-refractivity contribution in [1.82, 2.24) is 5.32 Å². The first-order chi connectivity index (χ1) is 14.8. The lowest BCUT2D eigenvalue weighted by Crippen LogP contribution is -2.50. The van der Waals surface area contributed by atoms with Crippen molar-refractivity contribution in [1.29, 1.82) is 0 Å². The van der Waals surface area contributed by atoms with Crippen molar-refractivity contribution in [3.8, 4) is 5.75 Å². The van der Waals surface area contributed by atoms with E-state index in [1.54, 1.807) is 30.3 Å². The van der Waals surface area contributed by atoms with Crippen LogP contribution in [-0.2, 0) is 21.4 Å². The van der Waals surface area contributed by atoms with Crippen LogP contribution >= 0.6 is 11.6 Å². The maximum Gasteiger partial charge on any atom is 0.264 e. The summed E-state index contributed by atoms with van der Waals surface area (Å²) in [5, 5.41) is 3.20. The number of anilines is 1. The molecule has 1 aliphatic heterocycles. The van der Waals surface area contributed by atoms with Gasteiger partial charge in [-0.15, -0.1) is 0 Å². The number of hydrogen-bond donors (Lipinski definition) is 1. The van der Waals surface area contributed by atoms with E-state index in [1.807, 2.05) is 31.2 Å². The van der Waals surface area contributed by atoms with Gasteiger partial charge in [-0.05, 0) is 42.8 Å². The number of ether oxygens (including phenoxy) is 1. The molecule has 0 saturated carbocycles. The van der Waals surface area contributed by atoms with Gasteiger partial charge in [-0.25, -0.2) is 8.42 Å². The molecule has 1 unspecified atom stereocenters. The molecular formula is C23H21ClN2O4S. The number of sulfonamides is 1. The molecule has 3 aromatic carbocycles. The molecule has 1 amide bonds. The number of amides is 1. The topological polar surface area (TPSA) is 75.7 Å². The predicted octanol–water partition coefficient (Wildman–Crippen LogP) is 3.92. The Morgan fingerprint density at radius 3 is 2.52 bits per heavy atom. The van der Waals surface area contributed by atoms with Gasteiger partial charge in [0.1, 0.15) is 5.75 Å². The highest BCUT2D eigenvalue weighted by atomic mass is 35.5. The summed E-state index contributed by atoms with van der Waals surface area (Å²) in [7, 11) is -3.92. The summed E-state index contributed by atoms with van der Waals surface area (Å²) in [5.41, 5.74) is 2.37. The largest absolute Gasteiger partial charge is 0.476 e. The number of halogens is 1. The number of carbonyl (C=O) groups is 1. The van der Waals surface area contributed by atoms with Crippen molar-refractivity contribution >= 4 is 33.2 Å². The zero-order valence-corrected chi connectivity index (χ0v) is 18.4. The molecule has 1 atom stereocenters. The van der Waals surface area contributed by atoms with Crippen LogP contribution in [0.5, 0.6) is 5.75 Å². The summed E-state index contributed by atoms with van der Waals surface area (Å²) in [6.07, 6.45) is -1.00. The molecule has 6 nitrogen and oxygen atoms in total. The fraction of sp³-hybridized carbons (Fsp3) is 0.174. The second-order valence-electron chi connectivity index (χ2n) is 7.27. The molecule has 0 bridgehead atoms. The summed E-state index contributed by atoms with van der Waals surface area (Å²) in [4.78, 5) is 13.0. The fourth-order valence-corrected chi connectivity index (χ4v) is 4.97. The summed E-state index contributed by atoms with van der Waals surface area (Å²) in [6, 6.07) is 20.6. The van der Waals surface area contributed by atoms with Gasteiger partial charge in [0.15, 0.2) is 6.10 Å². The highest BCUT2D eigenvalue weighted by Gasteiger charge is 2.37. The molecule has 3 aromatic rings. The van der Waals surface area contributed by atoms with Crippen molar-refractivity contribution in [3.05, 3.63) is 88.9 Å². The molecule has 31 heavy (non-hydrogen) atoms. The minimum atomic E-state index is -3.92. The number of aryl methyl sites for hydroxylation is 1. The van der Waals surface area contributed by atoms with Crippen molar-refractivity contribution < 1.29 is 17.9 Å². The van der Waals surface area contributed by atoms with Gasteiger partial charge < -0.3 is 10.1 Å². The Balaban J connectivity index is 1.61. The third-order valence-corrected chi connectivity index (χ3v) is 7.03. The average molecular weight is 457 g/mol. The highest BCUT2D eigenvalue weighted by Crippen LogP contribution is 2.38. The van der Waals surface area contributed by atoms with E-state index in [0.29, 0.717) is 17.3 Å². The van der Waals surface area contributed by atoms with Crippen LogP contribution in [0.1, 0.15) is 11.1 Å². The van der Waals surface area contributed by atoms with Crippen molar-refractivity contribution in [2.75, 3.05) is 10.8 Å². The van der Waals surface area contributed by atoms with Crippen LogP contribution < -0.4 is 14.4 Å². The normalized spacial score (nSPS) is 15.7. The molecule has 0 fully saturated rings. The number of fused-ring (bicyclic) bond motifs is 1. The van der Waals surface area contributed by atoms with E-state index >= 15 is 0 Å². The first kappa shape index (κ1) is 21.2. The number of nitrogens with zero attached hydrogens (tertiary/aromatic N) is 1. The molecule has 0 spiro atoms. The van der Waals surface area contributed by atoms with E-state index in [2.05, 4.69) is 5.32 Å². The first-order valence-electron chi connectivity index (χ1n) is 9.72. The molecule has 160 valence electrons. The summed E-state index contributed by atoms with van der Waals surface area (Å²) in [6.45, 7) is 2.14. The molecule has 1 heterocycles. The van der Waals surface area contributed by atoms with Crippen molar-refractivity contribution in [2.24, 2.45) is 0 Å². The van der Waals surface area contributed by atoms with Crippen molar-refractivity contribution in [2.45, 2.75) is 24.5 Å². The zero-order valence-electron chi connectivity index (χ0n) is 16.8. The Hall–Kier alpha value is -3.03. The predicted molar refractivity (Wildman–Crippen MR) is 120 cm³/mol. The molecule has 0 saturated heterocycles. The van der Waals surface area contributed by atoms with Gasteiger partial charge in [0, 0.05) is 11.6 Å². The second-order valence-corrected chi connectivity index (χ2v) is 9.57. The van der Waals surface area contributed by atoms with Crippen LogP contribution in [0.25, 0.3) is 0 Å². The lowest BCUT2D eigenvalue weighted by atomic mass is 10.1. The molecule has 1 N–H and O–H groups in total. The maximum atomic E-state index is 13.3. The van der Waals surface area contributed by atoms with Crippen LogP contribution in [0.2, 0.25) is 5.02 Å². The van der Waals surface area contributed by atoms with Crippen molar-refractivity contribution in [3.63, 3.8) is 0 Å². The van der Waals surface area contributed by atoms with Gasteiger partial charge in [-0.1, -0.05) is 59.6 Å². The van der Waals surface area contributed by atoms with Crippen LogP contribution in [-0.4, -0.2) is 27.0 Å². The Kier molecular flexibility index (Phi) is 5.89. The highest BCUT2D eigenvalue weighted by molar-refractivity contribution is 7.92. The van der Waals surface area contributed by atoms with E-state index in [1.165, 1.54) is 22.5 Å². The number of rotatable bonds is 5. The van der Waals surface area contributed by atoms with E-state index < -0.39 is 22.0 Å². The smallest absolute Gasteiger partial charge is 0.264 e. The molecule has 0 radical (unpaired) electrons. The SMILES string of the molecule is Cc1ccc(CNC(=O)C2CN(S(=O)(=O)c3ccccc3)c3cc(Cl)ccc3O2)cc1. The minimum Gasteiger partial charge on any atom is -0.476 e. The standard InChI is InChI=1S/C23H21ClN2O4S/c1-16-7-9-17(10-8-16)14-25-23(27)22-15-26(20-13-18(24)11-12-21(20)30-22)31(28,29)19-5-3-2-4-6-19/h2-13,22H,14-15H2,1H3,(H,25,27).